The second-order valence-electron chi connectivity index (χ2n) is 0.879. The van der Waals surface area contributed by atoms with E-state index >= 15 is 0 Å². The van der Waals surface area contributed by atoms with Crippen LogP contribution >= 0.6 is 16.1 Å². The summed E-state index contributed by atoms with van der Waals surface area (Å²) in [6.07, 6.45) is 0. The maximum Gasteiger partial charge on any atom is 2.00 e. The molecule has 0 spiro atoms. The molecule has 0 heterocycles. The summed E-state index contributed by atoms with van der Waals surface area (Å²) in [4.78, 5) is 18.1. The second-order valence-corrected chi connectivity index (χ2v) is 2.64. The Labute approximate surface area is 77.7 Å². The van der Waals surface area contributed by atoms with Crippen LogP contribution in [0.3, 0.4) is 0 Å². The van der Waals surface area contributed by atoms with Crippen LogP contribution in [-0.2, 0) is 30.8 Å². The Morgan fingerprint density at radius 2 is 1.00 bits per heavy atom. The molecule has 0 aliphatic heterocycles. The van der Waals surface area contributed by atoms with Gasteiger partial charge in [-0.05, 0) is 0 Å². The van der Waals surface area contributed by atoms with Crippen LogP contribution < -0.4 is 9.79 Å². The van der Waals surface area contributed by atoms with Crippen molar-refractivity contribution in [1.29, 1.82) is 0 Å². The van der Waals surface area contributed by atoms with Gasteiger partial charge in [0.25, 0.3) is 0 Å². The van der Waals surface area contributed by atoms with Crippen LogP contribution in [0.15, 0.2) is 0 Å². The minimum absolute atomic E-state index is 0. The zero-order valence-corrected chi connectivity index (χ0v) is 8.38. The molecule has 0 fully saturated rings. The monoisotopic (exact) mass is 220 g/mol. The minimum atomic E-state index is -2.12. The topological polar surface area (TPSA) is 80.3 Å². The van der Waals surface area contributed by atoms with E-state index in [1.807, 2.05) is 0 Å². The van der Waals surface area contributed by atoms with E-state index in [-0.39, 0.29) is 29.1 Å². The van der Waals surface area contributed by atoms with Gasteiger partial charge in [0, 0.05) is 0 Å². The number of hydrogen-bond acceptors (Lipinski definition) is 4. The van der Waals surface area contributed by atoms with Crippen LogP contribution in [-0.4, -0.2) is 13.3 Å². The van der Waals surface area contributed by atoms with Gasteiger partial charge in [0.05, 0.1) is 0 Å². The SMILES string of the molecule is C.C[P+](=O)[O-].C[P+](=O)[O-].[Ti+2]. The maximum atomic E-state index is 9.04. The standard InChI is InChI=1S/2CH3O2P.CH4.Ti/c2*1-4(2)3;;/h2*1H3;1H4;/q;;;+2. The summed E-state index contributed by atoms with van der Waals surface area (Å²) in [6.45, 7) is 2.24. The molecule has 0 bridgehead atoms. The summed E-state index contributed by atoms with van der Waals surface area (Å²) in [6, 6.07) is 0. The summed E-state index contributed by atoms with van der Waals surface area (Å²) < 4.78 is 18.1. The minimum Gasteiger partial charge on any atom is -0.596 e. The fourth-order valence-electron chi connectivity index (χ4n) is 0. The summed E-state index contributed by atoms with van der Waals surface area (Å²) in [5, 5.41) is 0. The molecule has 0 rings (SSSR count). The fourth-order valence-corrected chi connectivity index (χ4v) is 0. The molecule has 58 valence electrons. The Hall–Kier alpha value is 0.834. The van der Waals surface area contributed by atoms with Gasteiger partial charge in [-0.1, -0.05) is 16.6 Å². The Morgan fingerprint density at radius 1 is 1.00 bits per heavy atom. The van der Waals surface area contributed by atoms with Gasteiger partial charge in [-0.3, -0.25) is 0 Å². The molecule has 0 aliphatic carbocycles. The molecule has 0 N–H and O–H groups in total. The second kappa shape index (κ2) is 16.4. The fraction of sp³-hybridized carbons (Fsp3) is 1.00. The van der Waals surface area contributed by atoms with Gasteiger partial charge in [-0.2, -0.15) is 0 Å². The smallest absolute Gasteiger partial charge is 0.596 e. The summed E-state index contributed by atoms with van der Waals surface area (Å²) in [5.74, 6) is 0. The van der Waals surface area contributed by atoms with Crippen molar-refractivity contribution in [3.63, 3.8) is 0 Å². The molecular formula is C3H10O4P2Ti+2. The average Bonchev–Trinajstić information content (AvgIpc) is 1.25. The van der Waals surface area contributed by atoms with Crippen LogP contribution in [0.25, 0.3) is 0 Å². The molecule has 0 saturated heterocycles. The first-order valence-corrected chi connectivity index (χ1v) is 4.87. The third-order valence-electron chi connectivity index (χ3n) is 0. The predicted octanol–water partition coefficient (Wildman–Crippen LogP) is 0.0714. The van der Waals surface area contributed by atoms with Gasteiger partial charge in [0.15, 0.2) is 0 Å². The van der Waals surface area contributed by atoms with Crippen molar-refractivity contribution in [1.82, 2.24) is 0 Å². The molecular weight excluding hydrogens is 210 g/mol. The molecule has 0 aromatic heterocycles. The maximum absolute atomic E-state index is 9.04. The van der Waals surface area contributed by atoms with Crippen LogP contribution in [0, 0.1) is 0 Å². The molecule has 2 unspecified atom stereocenters. The van der Waals surface area contributed by atoms with Gasteiger partial charge >= 0.3 is 37.8 Å². The van der Waals surface area contributed by atoms with Gasteiger partial charge in [-0.25, -0.2) is 0 Å². The van der Waals surface area contributed by atoms with Crippen LogP contribution in [0.2, 0.25) is 0 Å². The van der Waals surface area contributed by atoms with Gasteiger partial charge < -0.3 is 9.79 Å². The molecule has 0 aliphatic rings. The molecule has 0 radical (unpaired) electrons. The Morgan fingerprint density at radius 3 is 1.00 bits per heavy atom. The van der Waals surface area contributed by atoms with Gasteiger partial charge in [0.2, 0.25) is 0 Å². The van der Waals surface area contributed by atoms with E-state index in [0.717, 1.165) is 13.3 Å². The molecule has 4 nitrogen and oxygen atoms in total. The van der Waals surface area contributed by atoms with E-state index in [4.69, 9.17) is 18.9 Å². The van der Waals surface area contributed by atoms with Crippen LogP contribution in [0.1, 0.15) is 7.43 Å². The summed E-state index contributed by atoms with van der Waals surface area (Å²) >= 11 is 0. The van der Waals surface area contributed by atoms with Crippen LogP contribution in [0.4, 0.5) is 0 Å². The zero-order valence-electron chi connectivity index (χ0n) is 5.03. The third kappa shape index (κ3) is 779. The number of rotatable bonds is 0. The molecule has 10 heavy (non-hydrogen) atoms. The van der Waals surface area contributed by atoms with Crippen LogP contribution in [0.5, 0.6) is 0 Å². The zero-order chi connectivity index (χ0) is 7.15. The normalized spacial score (nSPS) is 8.80. The first-order valence-electron chi connectivity index (χ1n) is 1.62. The van der Waals surface area contributed by atoms with Crippen molar-refractivity contribution in [2.45, 2.75) is 7.43 Å². The Kier molecular flexibility index (Phi) is 36.9. The molecule has 0 saturated carbocycles. The van der Waals surface area contributed by atoms with Crippen molar-refractivity contribution >= 4 is 16.1 Å². The first kappa shape index (κ1) is 22.4. The average molecular weight is 220 g/mol. The predicted molar refractivity (Wildman–Crippen MR) is 33.8 cm³/mol. The van der Waals surface area contributed by atoms with Crippen molar-refractivity contribution in [2.24, 2.45) is 0 Å². The van der Waals surface area contributed by atoms with Crippen molar-refractivity contribution in [3.8, 4) is 0 Å². The molecule has 2 atom stereocenters. The van der Waals surface area contributed by atoms with E-state index in [1.165, 1.54) is 0 Å². The van der Waals surface area contributed by atoms with E-state index < -0.39 is 16.1 Å². The van der Waals surface area contributed by atoms with E-state index in [1.54, 1.807) is 0 Å². The van der Waals surface area contributed by atoms with Gasteiger partial charge in [0.1, 0.15) is 13.3 Å². The molecule has 0 aromatic rings. The van der Waals surface area contributed by atoms with Gasteiger partial charge in [-0.15, -0.1) is 0 Å². The Bertz CT molecular complexity index is 76.5. The van der Waals surface area contributed by atoms with Crippen molar-refractivity contribution < 1.29 is 40.6 Å². The largest absolute Gasteiger partial charge is 2.00 e. The molecule has 7 heteroatoms. The number of hydrogen-bond donors (Lipinski definition) is 0. The van der Waals surface area contributed by atoms with Crippen molar-refractivity contribution in [2.75, 3.05) is 13.3 Å². The summed E-state index contributed by atoms with van der Waals surface area (Å²) in [7, 11) is -4.24. The van der Waals surface area contributed by atoms with E-state index in [0.29, 0.717) is 0 Å². The first-order chi connectivity index (χ1) is 3.46. The van der Waals surface area contributed by atoms with Crippen molar-refractivity contribution in [3.05, 3.63) is 0 Å². The summed E-state index contributed by atoms with van der Waals surface area (Å²) in [5.41, 5.74) is 0. The molecule has 0 amide bonds. The third-order valence-corrected chi connectivity index (χ3v) is 0. The van der Waals surface area contributed by atoms with E-state index in [9.17, 15) is 0 Å². The van der Waals surface area contributed by atoms with E-state index in [2.05, 4.69) is 0 Å². The Balaban J connectivity index is -0.0000000300. The quantitative estimate of drug-likeness (QED) is 0.427. The molecule has 0 aromatic carbocycles.